The van der Waals surface area contributed by atoms with Crippen molar-refractivity contribution < 1.29 is 32.2 Å². The predicted molar refractivity (Wildman–Crippen MR) is 135 cm³/mol. The minimum atomic E-state index is -4.54. The van der Waals surface area contributed by atoms with Gasteiger partial charge in [0.1, 0.15) is 6.61 Å². The van der Waals surface area contributed by atoms with Crippen molar-refractivity contribution in [1.82, 2.24) is 4.90 Å². The number of fused-ring (bicyclic) bond motifs is 1. The first kappa shape index (κ1) is 26.7. The first-order valence-electron chi connectivity index (χ1n) is 11.6. The summed E-state index contributed by atoms with van der Waals surface area (Å²) in [6, 6.07) is 10.7. The van der Waals surface area contributed by atoms with Crippen molar-refractivity contribution in [2.45, 2.75) is 25.6 Å². The van der Waals surface area contributed by atoms with E-state index in [-0.39, 0.29) is 18.8 Å². The molecule has 7 nitrogen and oxygen atoms in total. The standard InChI is InChI=1S/C26H26F3N3O4S/c1-16-21(24(34)36-13-12-35-2)22(32-11-4-14-37-25(32)30-16)17-7-9-20(10-8-17)31-23(33)18-5-3-6-19(15-18)26(27,28)29/h3,5-10,15,22H,4,11-14H2,1-2H3,(H,31,33). The maximum absolute atomic E-state index is 13.0. The van der Waals surface area contributed by atoms with E-state index in [9.17, 15) is 22.8 Å². The molecule has 4 rings (SSSR count). The van der Waals surface area contributed by atoms with E-state index in [2.05, 4.69) is 15.2 Å². The van der Waals surface area contributed by atoms with Crippen molar-refractivity contribution in [3.63, 3.8) is 0 Å². The molecule has 1 saturated heterocycles. The number of benzene rings is 2. The van der Waals surface area contributed by atoms with E-state index in [0.29, 0.717) is 23.5 Å². The first-order valence-corrected chi connectivity index (χ1v) is 12.6. The molecule has 2 aromatic rings. The van der Waals surface area contributed by atoms with Crippen LogP contribution in [0.25, 0.3) is 0 Å². The van der Waals surface area contributed by atoms with Crippen LogP contribution >= 0.6 is 11.8 Å². The molecule has 0 aromatic heterocycles. The highest BCUT2D eigenvalue weighted by atomic mass is 32.2. The summed E-state index contributed by atoms with van der Waals surface area (Å²) in [7, 11) is 1.52. The normalized spacial score (nSPS) is 17.7. The molecule has 0 radical (unpaired) electrons. The Morgan fingerprint density at radius 3 is 2.62 bits per heavy atom. The van der Waals surface area contributed by atoms with Crippen molar-refractivity contribution in [2.24, 2.45) is 4.99 Å². The second-order valence-corrected chi connectivity index (χ2v) is 9.54. The molecule has 2 aliphatic heterocycles. The third-order valence-electron chi connectivity index (χ3n) is 5.94. The van der Waals surface area contributed by atoms with Crippen LogP contribution in [0.1, 0.15) is 40.9 Å². The van der Waals surface area contributed by atoms with E-state index < -0.39 is 29.7 Å². The molecule has 11 heteroatoms. The largest absolute Gasteiger partial charge is 0.460 e. The van der Waals surface area contributed by atoms with E-state index in [0.717, 1.165) is 35.0 Å². The van der Waals surface area contributed by atoms with Crippen molar-refractivity contribution in [3.8, 4) is 0 Å². The number of nitrogens with zero attached hydrogens (tertiary/aromatic N) is 2. The van der Waals surface area contributed by atoms with E-state index >= 15 is 0 Å². The number of esters is 1. The van der Waals surface area contributed by atoms with Crippen LogP contribution < -0.4 is 5.32 Å². The summed E-state index contributed by atoms with van der Waals surface area (Å²) in [5.41, 5.74) is 1.23. The molecule has 2 aromatic carbocycles. The molecule has 0 saturated carbocycles. The highest BCUT2D eigenvalue weighted by molar-refractivity contribution is 8.13. The van der Waals surface area contributed by atoms with Gasteiger partial charge in [0.2, 0.25) is 0 Å². The Kier molecular flexibility index (Phi) is 8.23. The molecule has 1 unspecified atom stereocenters. The molecule has 0 aliphatic carbocycles. The summed E-state index contributed by atoms with van der Waals surface area (Å²) >= 11 is 1.63. The molecule has 196 valence electrons. The van der Waals surface area contributed by atoms with Crippen LogP contribution in [0.2, 0.25) is 0 Å². The van der Waals surface area contributed by atoms with Gasteiger partial charge in [-0.3, -0.25) is 4.79 Å². The van der Waals surface area contributed by atoms with Gasteiger partial charge in [-0.15, -0.1) is 0 Å². The average molecular weight is 534 g/mol. The van der Waals surface area contributed by atoms with E-state index in [1.54, 1.807) is 43.0 Å². The van der Waals surface area contributed by atoms with Crippen molar-refractivity contribution >= 4 is 34.5 Å². The number of allylic oxidation sites excluding steroid dienone is 1. The summed E-state index contributed by atoms with van der Waals surface area (Å²) in [5, 5.41) is 3.47. The topological polar surface area (TPSA) is 80.2 Å². The summed E-state index contributed by atoms with van der Waals surface area (Å²) in [5.74, 6) is -0.194. The summed E-state index contributed by atoms with van der Waals surface area (Å²) in [6.45, 7) is 2.89. The van der Waals surface area contributed by atoms with Crippen LogP contribution in [0.4, 0.5) is 18.9 Å². The smallest absolute Gasteiger partial charge is 0.416 e. The Morgan fingerprint density at radius 2 is 1.92 bits per heavy atom. The number of nitrogens with one attached hydrogen (secondary N) is 1. The number of alkyl halides is 3. The average Bonchev–Trinajstić information content (AvgIpc) is 2.88. The van der Waals surface area contributed by atoms with Crippen molar-refractivity contribution in [3.05, 3.63) is 76.5 Å². The third-order valence-corrected chi connectivity index (χ3v) is 7.01. The maximum Gasteiger partial charge on any atom is 0.416 e. The molecule has 1 atom stereocenters. The fraction of sp³-hybridized carbons (Fsp3) is 0.346. The second kappa shape index (κ2) is 11.4. The molecule has 2 heterocycles. The van der Waals surface area contributed by atoms with Gasteiger partial charge in [-0.05, 0) is 49.2 Å². The molecule has 1 amide bonds. The van der Waals surface area contributed by atoms with E-state index in [4.69, 9.17) is 9.47 Å². The number of ether oxygens (including phenoxy) is 2. The minimum absolute atomic E-state index is 0.1000. The zero-order valence-corrected chi connectivity index (χ0v) is 21.1. The van der Waals surface area contributed by atoms with Gasteiger partial charge in [-0.25, -0.2) is 9.79 Å². The number of carbonyl (C=O) groups is 2. The van der Waals surface area contributed by atoms with Crippen LogP contribution in [0, 0.1) is 0 Å². The Bertz CT molecular complexity index is 1230. The summed E-state index contributed by atoms with van der Waals surface area (Å²) < 4.78 is 49.4. The number of hydrogen-bond acceptors (Lipinski definition) is 7. The number of amides is 1. The summed E-state index contributed by atoms with van der Waals surface area (Å²) in [6.07, 6.45) is -3.61. The Labute approximate surface area is 216 Å². The number of hydrogen-bond donors (Lipinski definition) is 1. The molecule has 0 bridgehead atoms. The van der Waals surface area contributed by atoms with Gasteiger partial charge < -0.3 is 19.7 Å². The monoisotopic (exact) mass is 533 g/mol. The number of carbonyl (C=O) groups excluding carboxylic acids is 2. The number of methoxy groups -OCH3 is 1. The lowest BCUT2D eigenvalue weighted by Gasteiger charge is -2.40. The Morgan fingerprint density at radius 1 is 1.16 bits per heavy atom. The molecular formula is C26H26F3N3O4S. The summed E-state index contributed by atoms with van der Waals surface area (Å²) in [4.78, 5) is 32.3. The number of halogens is 3. The van der Waals surface area contributed by atoms with Crippen LogP contribution in [-0.4, -0.2) is 54.6 Å². The van der Waals surface area contributed by atoms with Gasteiger partial charge in [-0.2, -0.15) is 13.2 Å². The quantitative estimate of drug-likeness (QED) is 0.386. The maximum atomic E-state index is 13.0. The van der Waals surface area contributed by atoms with Gasteiger partial charge in [0.25, 0.3) is 5.91 Å². The second-order valence-electron chi connectivity index (χ2n) is 8.47. The van der Waals surface area contributed by atoms with E-state index in [1.807, 2.05) is 0 Å². The molecule has 37 heavy (non-hydrogen) atoms. The van der Waals surface area contributed by atoms with E-state index in [1.165, 1.54) is 19.2 Å². The van der Waals surface area contributed by atoms with Gasteiger partial charge in [0.15, 0.2) is 5.17 Å². The number of rotatable bonds is 7. The Balaban J connectivity index is 1.57. The van der Waals surface area contributed by atoms with Crippen LogP contribution in [-0.2, 0) is 20.4 Å². The highest BCUT2D eigenvalue weighted by Crippen LogP contribution is 2.40. The fourth-order valence-corrected chi connectivity index (χ4v) is 5.18. The molecule has 2 aliphatic rings. The molecule has 0 spiro atoms. The van der Waals surface area contributed by atoms with Crippen molar-refractivity contribution in [1.29, 1.82) is 0 Å². The SMILES string of the molecule is COCCOC(=O)C1=C(C)N=C2SCCCN2C1c1ccc(NC(=O)c2cccc(C(F)(F)F)c2)cc1. The lowest BCUT2D eigenvalue weighted by molar-refractivity contribution is -0.141. The lowest BCUT2D eigenvalue weighted by Crippen LogP contribution is -2.42. The number of amidine groups is 1. The Hall–Kier alpha value is -3.31. The highest BCUT2D eigenvalue weighted by Gasteiger charge is 2.38. The molecular weight excluding hydrogens is 507 g/mol. The van der Waals surface area contributed by atoms with Gasteiger partial charge in [-0.1, -0.05) is 30.0 Å². The lowest BCUT2D eigenvalue weighted by atomic mass is 9.94. The zero-order chi connectivity index (χ0) is 26.6. The van der Waals surface area contributed by atoms with Crippen LogP contribution in [0.15, 0.2) is 64.8 Å². The van der Waals surface area contributed by atoms with Crippen LogP contribution in [0.5, 0.6) is 0 Å². The predicted octanol–water partition coefficient (Wildman–Crippen LogP) is 5.27. The molecule has 1 N–H and O–H groups in total. The van der Waals surface area contributed by atoms with Gasteiger partial charge in [0.05, 0.1) is 29.5 Å². The third kappa shape index (κ3) is 6.16. The first-order chi connectivity index (χ1) is 17.7. The number of anilines is 1. The molecule has 1 fully saturated rings. The number of aliphatic imine (C=N–C) groups is 1. The van der Waals surface area contributed by atoms with Gasteiger partial charge in [0, 0.05) is 30.7 Å². The minimum Gasteiger partial charge on any atom is -0.460 e. The van der Waals surface area contributed by atoms with Crippen LogP contribution in [0.3, 0.4) is 0 Å². The zero-order valence-electron chi connectivity index (χ0n) is 20.3. The number of thioether (sulfide) groups is 1. The fourth-order valence-electron chi connectivity index (χ4n) is 4.16. The van der Waals surface area contributed by atoms with Crippen molar-refractivity contribution in [2.75, 3.05) is 37.9 Å². The van der Waals surface area contributed by atoms with Gasteiger partial charge >= 0.3 is 12.1 Å².